The first kappa shape index (κ1) is 49.8. The molecule has 5 fully saturated rings. The van der Waals surface area contributed by atoms with E-state index in [-0.39, 0.29) is 49.4 Å². The van der Waals surface area contributed by atoms with Crippen LogP contribution in [-0.2, 0) is 56.9 Å². The molecule has 7 aliphatic rings. The zero-order valence-electron chi connectivity index (χ0n) is 39.8. The summed E-state index contributed by atoms with van der Waals surface area (Å²) in [7, 11) is 4.79. The number of esters is 1. The quantitative estimate of drug-likeness (QED) is 0.202. The molecule has 0 amide bonds. The van der Waals surface area contributed by atoms with Gasteiger partial charge in [0.05, 0.1) is 55.4 Å². The van der Waals surface area contributed by atoms with Crippen molar-refractivity contribution in [2.75, 3.05) is 27.9 Å². The van der Waals surface area contributed by atoms with Gasteiger partial charge in [0.1, 0.15) is 42.0 Å². The van der Waals surface area contributed by atoms with Gasteiger partial charge in [0, 0.05) is 65.3 Å². The van der Waals surface area contributed by atoms with E-state index < -0.39 is 103 Å². The van der Waals surface area contributed by atoms with Gasteiger partial charge >= 0.3 is 5.97 Å². The van der Waals surface area contributed by atoms with Crippen molar-refractivity contribution in [2.24, 2.45) is 23.7 Å². The monoisotopic (exact) mass is 905 g/mol. The fourth-order valence-corrected chi connectivity index (χ4v) is 11.3. The van der Waals surface area contributed by atoms with Crippen molar-refractivity contribution < 1.29 is 72.2 Å². The fraction of sp³-hybridized carbons (Fsp3) is 0.816. The number of carbonyl (C=O) groups is 1. The first-order valence-corrected chi connectivity index (χ1v) is 23.6. The van der Waals surface area contributed by atoms with Gasteiger partial charge in [-0.3, -0.25) is 4.79 Å². The number of hydrogen-bond donors (Lipinski definition) is 3. The average molecular weight is 905 g/mol. The summed E-state index contributed by atoms with van der Waals surface area (Å²) in [6.07, 6.45) is 4.40. The summed E-state index contributed by atoms with van der Waals surface area (Å²) in [5.74, 6) is -2.98. The van der Waals surface area contributed by atoms with Crippen LogP contribution >= 0.6 is 0 Å². The van der Waals surface area contributed by atoms with E-state index >= 15 is 0 Å². The SMILES string of the molecule is CC[C@H](C)[C@@H]1O[C@]2(C[C@H]3C[C@H](C/C=C(\C)[C@@H](O[C@H]4C[C@@H](OC)[C@@H](O[C@@H]5C[C@H](OC)[C@@H](O)[C@@H](C)O5)[C@@H](C)O4)[C@@H](C)/C=C/C=C4\CO[C@H]5[C@@H](OC)C(C)=C[C@@H](C(=O)O3)[C@@]45O)O2)C[C@H](O)[C@@H]1C. The molecule has 15 heteroatoms. The number of carbonyl (C=O) groups excluding carboxylic acids is 1. The Kier molecular flexibility index (Phi) is 16.1. The molecule has 64 heavy (non-hydrogen) atoms. The Morgan fingerprint density at radius 2 is 1.56 bits per heavy atom. The Balaban J connectivity index is 1.20. The highest BCUT2D eigenvalue weighted by Gasteiger charge is 2.61. The number of allylic oxidation sites excluding steroid dienone is 2. The number of rotatable bonds is 9. The Bertz CT molecular complexity index is 1730. The molecule has 1 aliphatic carbocycles. The molecular formula is C49H76O15. The number of ether oxygens (including phenoxy) is 11. The summed E-state index contributed by atoms with van der Waals surface area (Å²) in [4.78, 5) is 14.5. The van der Waals surface area contributed by atoms with Gasteiger partial charge in [-0.15, -0.1) is 0 Å². The summed E-state index contributed by atoms with van der Waals surface area (Å²) in [6.45, 7) is 16.1. The molecule has 2 bridgehead atoms. The van der Waals surface area contributed by atoms with Gasteiger partial charge in [0.25, 0.3) is 0 Å². The summed E-state index contributed by atoms with van der Waals surface area (Å²) in [5.41, 5.74) is 0.516. The average Bonchev–Trinajstić information content (AvgIpc) is 3.59. The van der Waals surface area contributed by atoms with Gasteiger partial charge in [-0.1, -0.05) is 64.5 Å². The molecule has 362 valence electrons. The predicted molar refractivity (Wildman–Crippen MR) is 234 cm³/mol. The highest BCUT2D eigenvalue weighted by molar-refractivity contribution is 5.78. The van der Waals surface area contributed by atoms with Gasteiger partial charge in [-0.05, 0) is 56.8 Å². The molecule has 6 aliphatic heterocycles. The molecule has 0 aromatic carbocycles. The van der Waals surface area contributed by atoms with Crippen LogP contribution in [-0.4, -0.2) is 153 Å². The largest absolute Gasteiger partial charge is 0.462 e. The lowest BCUT2D eigenvalue weighted by Gasteiger charge is -2.52. The number of hydrogen-bond acceptors (Lipinski definition) is 15. The minimum atomic E-state index is -1.74. The van der Waals surface area contributed by atoms with Crippen LogP contribution in [0.2, 0.25) is 0 Å². The number of aliphatic hydroxyl groups is 3. The summed E-state index contributed by atoms with van der Waals surface area (Å²) < 4.78 is 69.9. The lowest BCUT2D eigenvalue weighted by atomic mass is 9.70. The Hall–Kier alpha value is -2.09. The molecular weight excluding hydrogens is 829 g/mol. The normalized spacial score (nSPS) is 49.4. The van der Waals surface area contributed by atoms with E-state index in [1.54, 1.807) is 34.3 Å². The second-order valence-corrected chi connectivity index (χ2v) is 19.7. The first-order chi connectivity index (χ1) is 30.4. The highest BCUT2D eigenvalue weighted by Crippen LogP contribution is 2.48. The van der Waals surface area contributed by atoms with Crippen molar-refractivity contribution in [1.29, 1.82) is 0 Å². The lowest BCUT2D eigenvalue weighted by Crippen LogP contribution is -2.60. The molecule has 21 atom stereocenters. The van der Waals surface area contributed by atoms with Crippen LogP contribution in [0.15, 0.2) is 47.1 Å². The van der Waals surface area contributed by atoms with E-state index in [0.717, 1.165) is 17.6 Å². The second-order valence-electron chi connectivity index (χ2n) is 19.7. The third kappa shape index (κ3) is 10.0. The maximum atomic E-state index is 14.5. The zero-order chi connectivity index (χ0) is 46.2. The topological polar surface area (TPSA) is 179 Å². The molecule has 0 saturated carbocycles. The molecule has 5 saturated heterocycles. The van der Waals surface area contributed by atoms with Gasteiger partial charge < -0.3 is 67.4 Å². The molecule has 0 radical (unpaired) electrons. The molecule has 7 rings (SSSR count). The van der Waals surface area contributed by atoms with E-state index in [4.69, 9.17) is 52.1 Å². The van der Waals surface area contributed by atoms with E-state index in [1.807, 2.05) is 45.9 Å². The third-order valence-electron chi connectivity index (χ3n) is 15.3. The van der Waals surface area contributed by atoms with Crippen LogP contribution in [0.25, 0.3) is 0 Å². The number of methoxy groups -OCH3 is 3. The van der Waals surface area contributed by atoms with Gasteiger partial charge in [-0.2, -0.15) is 0 Å². The van der Waals surface area contributed by atoms with E-state index in [0.29, 0.717) is 31.3 Å². The molecule has 0 unspecified atom stereocenters. The molecule has 15 nitrogen and oxygen atoms in total. The fourth-order valence-electron chi connectivity index (χ4n) is 11.3. The van der Waals surface area contributed by atoms with Crippen LogP contribution in [0.4, 0.5) is 0 Å². The van der Waals surface area contributed by atoms with Crippen molar-refractivity contribution in [3.8, 4) is 0 Å². The highest BCUT2D eigenvalue weighted by atomic mass is 16.7. The molecule has 1 spiro atoms. The number of fused-ring (bicyclic) bond motifs is 2. The third-order valence-corrected chi connectivity index (χ3v) is 15.3. The molecule has 3 N–H and O–H groups in total. The molecule has 0 aromatic rings. The summed E-state index contributed by atoms with van der Waals surface area (Å²) >= 11 is 0. The minimum absolute atomic E-state index is 0.0971. The zero-order valence-corrected chi connectivity index (χ0v) is 39.8. The maximum Gasteiger partial charge on any atom is 0.316 e. The Labute approximate surface area is 379 Å². The van der Waals surface area contributed by atoms with Gasteiger partial charge in [0.15, 0.2) is 18.4 Å². The number of aliphatic hydroxyl groups excluding tert-OH is 2. The molecule has 6 heterocycles. The van der Waals surface area contributed by atoms with Crippen molar-refractivity contribution in [3.05, 3.63) is 47.1 Å². The molecule has 0 aromatic heterocycles. The minimum Gasteiger partial charge on any atom is -0.462 e. The van der Waals surface area contributed by atoms with Crippen molar-refractivity contribution in [2.45, 2.75) is 204 Å². The lowest BCUT2D eigenvalue weighted by molar-refractivity contribution is -0.354. The van der Waals surface area contributed by atoms with Crippen molar-refractivity contribution in [1.82, 2.24) is 0 Å². The van der Waals surface area contributed by atoms with Crippen LogP contribution < -0.4 is 0 Å². The summed E-state index contributed by atoms with van der Waals surface area (Å²) in [5, 5.41) is 34.8. The Morgan fingerprint density at radius 3 is 2.27 bits per heavy atom. The van der Waals surface area contributed by atoms with E-state index in [2.05, 4.69) is 26.8 Å². The van der Waals surface area contributed by atoms with Gasteiger partial charge in [-0.25, -0.2) is 0 Å². The standard InChI is InChI=1S/C49H76O15/c1-12-25(2)43-29(6)36(50)23-48(64-43)22-34-19-33(63-48)17-16-27(4)42(61-40-21-38(55-10)45(31(8)59-40)62-39-20-37(54-9)41(51)30(7)58-39)26(3)14-13-15-32-24-57-46-44(56-11)28(5)18-35(47(52)60-34)49(32,46)53/h13-16,18,25-26,29-31,33-46,50-51,53H,12,17,19-24H2,1-11H3/b14-13+,27-16+,32-15+/t25-,26-,29-,30+,31+,33-,34+,35-,36-,37-,38+,39+,40-,41-,42-,43-,44-,45-,46-,48+,49-/m0/s1. The predicted octanol–water partition coefficient (Wildman–Crippen LogP) is 5.23. The van der Waals surface area contributed by atoms with Crippen LogP contribution in [0.5, 0.6) is 0 Å². The van der Waals surface area contributed by atoms with Crippen LogP contribution in [0, 0.1) is 23.7 Å². The first-order valence-electron chi connectivity index (χ1n) is 23.6. The second kappa shape index (κ2) is 20.6. The van der Waals surface area contributed by atoms with Crippen molar-refractivity contribution >= 4 is 5.97 Å². The van der Waals surface area contributed by atoms with E-state index in [9.17, 15) is 20.1 Å². The van der Waals surface area contributed by atoms with Crippen LogP contribution in [0.1, 0.15) is 100 Å². The smallest absolute Gasteiger partial charge is 0.316 e. The van der Waals surface area contributed by atoms with Gasteiger partial charge in [0.2, 0.25) is 0 Å². The van der Waals surface area contributed by atoms with Crippen LogP contribution in [0.3, 0.4) is 0 Å². The Morgan fingerprint density at radius 1 is 0.859 bits per heavy atom. The summed E-state index contributed by atoms with van der Waals surface area (Å²) in [6, 6.07) is 0. The van der Waals surface area contributed by atoms with E-state index in [1.165, 1.54) is 0 Å². The van der Waals surface area contributed by atoms with Crippen molar-refractivity contribution in [3.63, 3.8) is 0 Å². The maximum absolute atomic E-state index is 14.5.